The summed E-state index contributed by atoms with van der Waals surface area (Å²) in [6.45, 7) is 5.68. The molecule has 62 valence electrons. The number of nitrogens with two attached hydrogens (primary N) is 1. The standard InChI is InChI=1S/C7H13N3O/c1-5(2)4-6(3)9-10-7(8)11/h4H,1-3H3,(H3,8,10,11)/b9-6+. The minimum absolute atomic E-state index is 0.647. The Hall–Kier alpha value is -1.32. The number of amides is 2. The Balaban J connectivity index is 4.02. The molecule has 0 unspecified atom stereocenters. The molecule has 0 saturated heterocycles. The third-order valence-electron chi connectivity index (χ3n) is 0.840. The van der Waals surface area contributed by atoms with Crippen LogP contribution in [0.1, 0.15) is 20.8 Å². The molecule has 0 atom stereocenters. The number of nitrogens with zero attached hydrogens (tertiary/aromatic N) is 1. The summed E-state index contributed by atoms with van der Waals surface area (Å²) in [5.41, 5.74) is 8.78. The molecule has 0 rings (SSSR count). The first-order valence-corrected chi connectivity index (χ1v) is 3.27. The van der Waals surface area contributed by atoms with Gasteiger partial charge in [-0.3, -0.25) is 0 Å². The van der Waals surface area contributed by atoms with Gasteiger partial charge in [0.2, 0.25) is 0 Å². The van der Waals surface area contributed by atoms with Gasteiger partial charge in [0.05, 0.1) is 5.71 Å². The lowest BCUT2D eigenvalue weighted by Gasteiger charge is -1.94. The van der Waals surface area contributed by atoms with Gasteiger partial charge in [-0.2, -0.15) is 5.10 Å². The van der Waals surface area contributed by atoms with Crippen LogP contribution in [0.25, 0.3) is 0 Å². The van der Waals surface area contributed by atoms with Crippen molar-refractivity contribution in [2.75, 3.05) is 0 Å². The van der Waals surface area contributed by atoms with Crippen LogP contribution in [0, 0.1) is 0 Å². The Morgan fingerprint density at radius 2 is 2.00 bits per heavy atom. The van der Waals surface area contributed by atoms with Crippen LogP contribution < -0.4 is 11.2 Å². The average molecular weight is 155 g/mol. The molecular weight excluding hydrogens is 142 g/mol. The zero-order valence-corrected chi connectivity index (χ0v) is 7.01. The zero-order chi connectivity index (χ0) is 8.85. The molecule has 0 spiro atoms. The van der Waals surface area contributed by atoms with Gasteiger partial charge < -0.3 is 5.73 Å². The van der Waals surface area contributed by atoms with E-state index in [-0.39, 0.29) is 0 Å². The van der Waals surface area contributed by atoms with Gasteiger partial charge in [-0.05, 0) is 26.8 Å². The van der Waals surface area contributed by atoms with Crippen molar-refractivity contribution in [3.63, 3.8) is 0 Å². The van der Waals surface area contributed by atoms with Gasteiger partial charge in [-0.15, -0.1) is 0 Å². The Kier molecular flexibility index (Phi) is 3.95. The SMILES string of the molecule is CC(C)=C/C(C)=N/NC(N)=O. The second-order valence-electron chi connectivity index (χ2n) is 2.45. The molecule has 0 heterocycles. The smallest absolute Gasteiger partial charge is 0.332 e. The number of hydrazone groups is 1. The second-order valence-corrected chi connectivity index (χ2v) is 2.45. The highest BCUT2D eigenvalue weighted by molar-refractivity contribution is 5.93. The van der Waals surface area contributed by atoms with Crippen molar-refractivity contribution in [1.29, 1.82) is 0 Å². The summed E-state index contributed by atoms with van der Waals surface area (Å²) < 4.78 is 0. The van der Waals surface area contributed by atoms with Gasteiger partial charge in [0, 0.05) is 0 Å². The monoisotopic (exact) mass is 155 g/mol. The number of nitrogens with one attached hydrogen (secondary N) is 1. The van der Waals surface area contributed by atoms with Gasteiger partial charge in [0.1, 0.15) is 0 Å². The van der Waals surface area contributed by atoms with E-state index in [9.17, 15) is 4.79 Å². The quantitative estimate of drug-likeness (QED) is 0.453. The number of carbonyl (C=O) groups excluding carboxylic acids is 1. The lowest BCUT2D eigenvalue weighted by atomic mass is 10.3. The van der Waals surface area contributed by atoms with Crippen molar-refractivity contribution in [2.45, 2.75) is 20.8 Å². The second kappa shape index (κ2) is 4.49. The summed E-state index contributed by atoms with van der Waals surface area (Å²) in [4.78, 5) is 10.2. The number of urea groups is 1. The van der Waals surface area contributed by atoms with Crippen molar-refractivity contribution in [2.24, 2.45) is 10.8 Å². The topological polar surface area (TPSA) is 67.5 Å². The van der Waals surface area contributed by atoms with Crippen molar-refractivity contribution < 1.29 is 4.79 Å². The third-order valence-corrected chi connectivity index (χ3v) is 0.840. The van der Waals surface area contributed by atoms with E-state index in [4.69, 9.17) is 5.73 Å². The van der Waals surface area contributed by atoms with Crippen LogP contribution in [0.5, 0.6) is 0 Å². The lowest BCUT2D eigenvalue weighted by molar-refractivity contribution is 0.249. The van der Waals surface area contributed by atoms with E-state index in [1.807, 2.05) is 19.9 Å². The molecule has 0 bridgehead atoms. The van der Waals surface area contributed by atoms with Crippen molar-refractivity contribution in [1.82, 2.24) is 5.43 Å². The van der Waals surface area contributed by atoms with Crippen LogP contribution in [0.4, 0.5) is 4.79 Å². The summed E-state index contributed by atoms with van der Waals surface area (Å²) in [7, 11) is 0. The number of carbonyl (C=O) groups is 1. The van der Waals surface area contributed by atoms with Gasteiger partial charge in [-0.1, -0.05) is 5.57 Å². The molecule has 0 saturated carbocycles. The fourth-order valence-corrected chi connectivity index (χ4v) is 0.593. The van der Waals surface area contributed by atoms with Crippen molar-refractivity contribution in [3.8, 4) is 0 Å². The van der Waals surface area contributed by atoms with Crippen LogP contribution in [-0.4, -0.2) is 11.7 Å². The molecule has 4 heteroatoms. The number of rotatable bonds is 2. The number of allylic oxidation sites excluding steroid dienone is 2. The maximum absolute atomic E-state index is 10.2. The predicted octanol–water partition coefficient (Wildman–Crippen LogP) is 0.997. The summed E-state index contributed by atoms with van der Waals surface area (Å²) in [5.74, 6) is 0. The molecule has 3 N–H and O–H groups in total. The third kappa shape index (κ3) is 6.57. The van der Waals surface area contributed by atoms with E-state index in [2.05, 4.69) is 10.5 Å². The summed E-state index contributed by atoms with van der Waals surface area (Å²) >= 11 is 0. The highest BCUT2D eigenvalue weighted by Gasteiger charge is 1.87. The molecule has 0 aromatic heterocycles. The highest BCUT2D eigenvalue weighted by atomic mass is 16.2. The molecule has 0 fully saturated rings. The van der Waals surface area contributed by atoms with Crippen molar-refractivity contribution >= 4 is 11.7 Å². The summed E-state index contributed by atoms with van der Waals surface area (Å²) in [6.07, 6.45) is 1.84. The van der Waals surface area contributed by atoms with Crippen LogP contribution in [0.3, 0.4) is 0 Å². The predicted molar refractivity (Wildman–Crippen MR) is 45.3 cm³/mol. The molecule has 0 aromatic rings. The van der Waals surface area contributed by atoms with E-state index in [0.29, 0.717) is 0 Å². The largest absolute Gasteiger partial charge is 0.350 e. The van der Waals surface area contributed by atoms with Crippen LogP contribution in [0.15, 0.2) is 16.8 Å². The average Bonchev–Trinajstić information content (AvgIpc) is 1.82. The van der Waals surface area contributed by atoms with E-state index >= 15 is 0 Å². The minimum atomic E-state index is -0.647. The summed E-state index contributed by atoms with van der Waals surface area (Å²) in [5, 5.41) is 3.68. The molecule has 0 aliphatic carbocycles. The molecule has 11 heavy (non-hydrogen) atoms. The molecule has 0 aliphatic heterocycles. The highest BCUT2D eigenvalue weighted by Crippen LogP contribution is 1.89. The fourth-order valence-electron chi connectivity index (χ4n) is 0.593. The van der Waals surface area contributed by atoms with Crippen LogP contribution >= 0.6 is 0 Å². The summed E-state index contributed by atoms with van der Waals surface area (Å²) in [6, 6.07) is -0.647. The lowest BCUT2D eigenvalue weighted by Crippen LogP contribution is -2.25. The molecule has 0 aromatic carbocycles. The van der Waals surface area contributed by atoms with Gasteiger partial charge in [0.25, 0.3) is 0 Å². The molecular formula is C7H13N3O. The molecule has 2 amide bonds. The van der Waals surface area contributed by atoms with E-state index < -0.39 is 6.03 Å². The maximum atomic E-state index is 10.2. The van der Waals surface area contributed by atoms with Crippen LogP contribution in [-0.2, 0) is 0 Å². The molecule has 0 aliphatic rings. The van der Waals surface area contributed by atoms with Gasteiger partial charge >= 0.3 is 6.03 Å². The first-order chi connectivity index (χ1) is 5.02. The molecule has 0 radical (unpaired) electrons. The normalized spacial score (nSPS) is 10.6. The maximum Gasteiger partial charge on any atom is 0.332 e. The van der Waals surface area contributed by atoms with E-state index in [1.54, 1.807) is 6.92 Å². The van der Waals surface area contributed by atoms with Gasteiger partial charge in [0.15, 0.2) is 0 Å². The Morgan fingerprint density at radius 3 is 2.36 bits per heavy atom. The van der Waals surface area contributed by atoms with E-state index in [1.165, 1.54) is 0 Å². The first-order valence-electron chi connectivity index (χ1n) is 3.27. The minimum Gasteiger partial charge on any atom is -0.350 e. The van der Waals surface area contributed by atoms with Crippen LogP contribution in [0.2, 0.25) is 0 Å². The Morgan fingerprint density at radius 1 is 1.45 bits per heavy atom. The Labute approximate surface area is 66.2 Å². The van der Waals surface area contributed by atoms with E-state index in [0.717, 1.165) is 11.3 Å². The first kappa shape index (κ1) is 9.68. The zero-order valence-electron chi connectivity index (χ0n) is 7.01. The number of hydrogen-bond acceptors (Lipinski definition) is 2. The molecule has 4 nitrogen and oxygen atoms in total. The number of primary amides is 1. The number of hydrogen-bond donors (Lipinski definition) is 2. The van der Waals surface area contributed by atoms with Gasteiger partial charge in [-0.25, -0.2) is 10.2 Å². The fraction of sp³-hybridized carbons (Fsp3) is 0.429. The Bertz CT molecular complexity index is 202. The van der Waals surface area contributed by atoms with Crippen molar-refractivity contribution in [3.05, 3.63) is 11.6 Å².